The lowest BCUT2D eigenvalue weighted by atomic mass is 9.84. The van der Waals surface area contributed by atoms with Crippen molar-refractivity contribution in [1.82, 2.24) is 0 Å². The van der Waals surface area contributed by atoms with Crippen LogP contribution in [0.1, 0.15) is 426 Å². The van der Waals surface area contributed by atoms with Crippen LogP contribution < -0.4 is 0 Å². The van der Waals surface area contributed by atoms with Crippen molar-refractivity contribution >= 4 is 31.7 Å². The minimum Gasteiger partial charge on any atom is -0.463 e. The number of phosphoric ester groups is 1. The summed E-state index contributed by atoms with van der Waals surface area (Å²) in [6.45, 7) is 7.96. The Bertz CT molecular complexity index is 2470. The van der Waals surface area contributed by atoms with E-state index in [-0.39, 0.29) is 25.7 Å². The van der Waals surface area contributed by atoms with Crippen LogP contribution in [0.3, 0.4) is 0 Å². The fourth-order valence-corrected chi connectivity index (χ4v) is 17.2. The number of esters is 4. The van der Waals surface area contributed by atoms with E-state index in [1.165, 1.54) is 205 Å². The van der Waals surface area contributed by atoms with Crippen LogP contribution in [0.4, 0.5) is 0 Å². The van der Waals surface area contributed by atoms with Crippen LogP contribution in [0.2, 0.25) is 0 Å². The van der Waals surface area contributed by atoms with E-state index in [2.05, 4.69) is 34.6 Å². The zero-order chi connectivity index (χ0) is 86.2. The summed E-state index contributed by atoms with van der Waals surface area (Å²) < 4.78 is 73.6. The van der Waals surface area contributed by atoms with Crippen LogP contribution in [-0.2, 0) is 70.7 Å². The molecule has 1 saturated carbocycles. The van der Waals surface area contributed by atoms with E-state index in [0.29, 0.717) is 38.0 Å². The molecule has 2 heterocycles. The number of carbonyl (C=O) groups excluding carboxylic acids is 4. The van der Waals surface area contributed by atoms with Crippen LogP contribution in [0.5, 0.6) is 0 Å². The summed E-state index contributed by atoms with van der Waals surface area (Å²) in [5, 5.41) is 102. The van der Waals surface area contributed by atoms with Gasteiger partial charge in [0.2, 0.25) is 0 Å². The van der Waals surface area contributed by atoms with Crippen molar-refractivity contribution in [1.29, 1.82) is 0 Å². The Morgan fingerprint density at radius 1 is 0.331 bits per heavy atom. The summed E-state index contributed by atoms with van der Waals surface area (Å²) in [6, 6.07) is 0. The molecule has 0 spiro atoms. The molecule has 0 amide bonds. The first-order chi connectivity index (χ1) is 57.1. The maximum absolute atomic E-state index is 14.9. The molecule has 19 unspecified atom stereocenters. The highest BCUT2D eigenvalue weighted by molar-refractivity contribution is 7.47. The average Bonchev–Trinajstić information content (AvgIpc) is 0.754. The van der Waals surface area contributed by atoms with Gasteiger partial charge in [-0.15, -0.1) is 0 Å². The molecule has 3 aliphatic rings. The van der Waals surface area contributed by atoms with E-state index in [0.717, 1.165) is 128 Å². The van der Waals surface area contributed by atoms with E-state index >= 15 is 0 Å². The number of ether oxygens (including phenoxy) is 8. The number of carbonyl (C=O) groups is 4. The van der Waals surface area contributed by atoms with E-state index in [9.17, 15) is 74.6 Å². The summed E-state index contributed by atoms with van der Waals surface area (Å²) in [4.78, 5) is 66.6. The van der Waals surface area contributed by atoms with E-state index < -0.39 is 162 Å². The molecule has 3 rings (SSSR count). The third kappa shape index (κ3) is 50.6. The number of unbranched alkanes of at least 4 members (excludes halogenated alkanes) is 50. The number of rotatable bonds is 78. The van der Waals surface area contributed by atoms with Gasteiger partial charge in [0, 0.05) is 25.7 Å². The molecule has 25 nitrogen and oxygen atoms in total. The van der Waals surface area contributed by atoms with Gasteiger partial charge < -0.3 is 88.7 Å². The lowest BCUT2D eigenvalue weighted by Gasteiger charge is -2.50. The SMILES string of the molecule is CCCCCCCCCCCCCCCCCC(=O)OCC1OC(OC2C(OC(=O)CCCCCCCCCCCCCCCCC)C(O)C(O)C(OC3OC(CO)C(O)C(O)C3O)C2OP(=O)(O)OCC(COC(=O)CCCCCCCCCCCCCCC)OC(=O)CCCCCCCCC(C)CCCCCCCC)C(O)C(O)C1O. The zero-order valence-corrected chi connectivity index (χ0v) is 75.3. The second-order valence-corrected chi connectivity index (χ2v) is 36.3. The second kappa shape index (κ2) is 70.6. The van der Waals surface area contributed by atoms with E-state index in [1.54, 1.807) is 0 Å². The Morgan fingerprint density at radius 3 is 1.01 bits per heavy atom. The first kappa shape index (κ1) is 110. The lowest BCUT2D eigenvalue weighted by Crippen LogP contribution is -2.70. The molecule has 26 heteroatoms. The molecule has 0 bridgehead atoms. The number of hydrogen-bond acceptors (Lipinski definition) is 24. The molecule has 19 atom stereocenters. The van der Waals surface area contributed by atoms with Gasteiger partial charge in [0.05, 0.1) is 13.2 Å². The highest BCUT2D eigenvalue weighted by Gasteiger charge is 2.60. The largest absolute Gasteiger partial charge is 0.472 e. The maximum atomic E-state index is 14.9. The second-order valence-electron chi connectivity index (χ2n) is 34.9. The maximum Gasteiger partial charge on any atom is 0.472 e. The zero-order valence-electron chi connectivity index (χ0n) is 74.4. The fraction of sp³-hybridized carbons (Fsp3) is 0.957. The Morgan fingerprint density at radius 2 is 0.636 bits per heavy atom. The molecular weight excluding hydrogens is 1540 g/mol. The summed E-state index contributed by atoms with van der Waals surface area (Å²) >= 11 is 0. The lowest BCUT2D eigenvalue weighted by molar-refractivity contribution is -0.360. The van der Waals surface area contributed by atoms with Crippen molar-refractivity contribution < 1.29 is 122 Å². The number of hydrogen-bond donors (Lipinski definition) is 10. The van der Waals surface area contributed by atoms with E-state index in [4.69, 9.17) is 46.9 Å². The van der Waals surface area contributed by atoms with Gasteiger partial charge in [0.15, 0.2) is 24.8 Å². The molecule has 3 fully saturated rings. The van der Waals surface area contributed by atoms with Gasteiger partial charge in [-0.05, 0) is 31.6 Å². The first-order valence-electron chi connectivity index (χ1n) is 48.2. The molecule has 0 radical (unpaired) electrons. The number of aliphatic hydroxyl groups is 9. The Labute approximate surface area is 712 Å². The first-order valence-corrected chi connectivity index (χ1v) is 49.7. The smallest absolute Gasteiger partial charge is 0.463 e. The highest BCUT2D eigenvalue weighted by Crippen LogP contribution is 2.49. The van der Waals surface area contributed by atoms with Crippen LogP contribution in [0, 0.1) is 5.92 Å². The van der Waals surface area contributed by atoms with Gasteiger partial charge in [-0.2, -0.15) is 0 Å². The minimum atomic E-state index is -5.80. The average molecular weight is 1710 g/mol. The molecule has 2 aliphatic heterocycles. The number of aliphatic hydroxyl groups excluding tert-OH is 9. The predicted molar refractivity (Wildman–Crippen MR) is 458 cm³/mol. The minimum absolute atomic E-state index is 0.0199. The summed E-state index contributed by atoms with van der Waals surface area (Å²) in [7, 11) is -5.80. The van der Waals surface area contributed by atoms with Gasteiger partial charge in [-0.3, -0.25) is 28.2 Å². The Balaban J connectivity index is 1.91. The van der Waals surface area contributed by atoms with Crippen molar-refractivity contribution in [3.63, 3.8) is 0 Å². The molecule has 0 aromatic carbocycles. The van der Waals surface area contributed by atoms with Crippen LogP contribution in [0.15, 0.2) is 0 Å². The molecule has 696 valence electrons. The topological polar surface area (TPSA) is 380 Å². The third-order valence-corrected chi connectivity index (χ3v) is 25.0. The molecule has 10 N–H and O–H groups in total. The van der Waals surface area contributed by atoms with Crippen LogP contribution >= 0.6 is 7.82 Å². The molecule has 1 aliphatic carbocycles. The van der Waals surface area contributed by atoms with Crippen molar-refractivity contribution in [2.45, 2.75) is 530 Å². The number of phosphoric acid groups is 1. The highest BCUT2D eigenvalue weighted by atomic mass is 31.2. The third-order valence-electron chi connectivity index (χ3n) is 24.0. The Kier molecular flexibility index (Phi) is 65.6. The van der Waals surface area contributed by atoms with Gasteiger partial charge in [-0.1, -0.05) is 375 Å². The Hall–Kier alpha value is -2.53. The van der Waals surface area contributed by atoms with Crippen LogP contribution in [0.25, 0.3) is 0 Å². The molecule has 0 aromatic rings. The van der Waals surface area contributed by atoms with E-state index in [1.807, 2.05) is 0 Å². The molecule has 2 saturated heterocycles. The van der Waals surface area contributed by atoms with Gasteiger partial charge in [-0.25, -0.2) is 4.57 Å². The molecular formula is C92H173O25P. The van der Waals surface area contributed by atoms with Crippen molar-refractivity contribution in [2.75, 3.05) is 26.4 Å². The summed E-state index contributed by atoms with van der Waals surface area (Å²) in [5.74, 6) is -2.27. The van der Waals surface area contributed by atoms with Crippen molar-refractivity contribution in [3.8, 4) is 0 Å². The summed E-state index contributed by atoms with van der Waals surface area (Å²) in [6.07, 6.45) is 26.6. The van der Waals surface area contributed by atoms with Gasteiger partial charge in [0.1, 0.15) is 92.6 Å². The standard InChI is InChI=1S/C92H173O25P/c1-6-10-14-18-22-25-28-31-33-36-39-42-45-52-58-64-76(95)109-70-74-80(99)82(101)86(105)92(113-74)116-89-87(114-78(97)66-60-53-46-43-40-37-34-32-29-26-23-19-15-11-7-2)83(102)84(103)88(115-91-85(104)81(100)79(98)73(67-93)112-91)90(89)117-118(106,107)110-69-72(68-108-75(94)63-57-51-44-41-38-35-30-27-24-20-16-12-8-3)111-77(96)65-59-54-48-47-50-56-62-71(5)61-55-49-21-17-13-9-4/h71-74,79-93,98-105H,6-70H2,1-5H3,(H,106,107). The monoisotopic (exact) mass is 1710 g/mol. The molecule has 0 aromatic heterocycles. The normalized spacial score (nSPS) is 25.1. The predicted octanol–water partition coefficient (Wildman–Crippen LogP) is 18.0. The van der Waals surface area contributed by atoms with Crippen LogP contribution in [-0.4, -0.2) is 205 Å². The summed E-state index contributed by atoms with van der Waals surface area (Å²) in [5.41, 5.74) is 0. The quantitative estimate of drug-likeness (QED) is 0.0117. The molecule has 118 heavy (non-hydrogen) atoms. The van der Waals surface area contributed by atoms with Crippen molar-refractivity contribution in [3.05, 3.63) is 0 Å². The fourth-order valence-electron chi connectivity index (χ4n) is 16.3. The van der Waals surface area contributed by atoms with Gasteiger partial charge in [0.25, 0.3) is 0 Å². The van der Waals surface area contributed by atoms with Gasteiger partial charge >= 0.3 is 31.7 Å². The van der Waals surface area contributed by atoms with Crippen molar-refractivity contribution in [2.24, 2.45) is 5.92 Å².